The largest absolute Gasteiger partial charge is 0.329 e. The monoisotopic (exact) mass is 249 g/mol. The number of fused-ring (bicyclic) bond motifs is 1. The molecule has 0 unspecified atom stereocenters. The van der Waals surface area contributed by atoms with Gasteiger partial charge in [0.05, 0.1) is 11.0 Å². The Morgan fingerprint density at radius 2 is 2.24 bits per heavy atom. The van der Waals surface area contributed by atoms with Crippen LogP contribution in [0.2, 0.25) is 5.02 Å². The van der Waals surface area contributed by atoms with Gasteiger partial charge in [0.15, 0.2) is 0 Å². The van der Waals surface area contributed by atoms with E-state index in [1.807, 2.05) is 18.2 Å². The summed E-state index contributed by atoms with van der Waals surface area (Å²) in [5.74, 6) is 1.14. The van der Waals surface area contributed by atoms with Crippen LogP contribution < -0.4 is 5.73 Å². The van der Waals surface area contributed by atoms with Crippen molar-refractivity contribution in [2.24, 2.45) is 5.73 Å². The summed E-state index contributed by atoms with van der Waals surface area (Å²) in [5.41, 5.74) is 8.16. The van der Waals surface area contributed by atoms with Crippen molar-refractivity contribution in [1.29, 1.82) is 0 Å². The molecule has 1 aromatic heterocycles. The van der Waals surface area contributed by atoms with Gasteiger partial charge in [0.1, 0.15) is 5.82 Å². The fraction of sp³-hybridized carbons (Fsp3) is 0.462. The van der Waals surface area contributed by atoms with Crippen LogP contribution >= 0.6 is 11.6 Å². The average molecular weight is 250 g/mol. The summed E-state index contributed by atoms with van der Waals surface area (Å²) in [5, 5.41) is 0.760. The highest BCUT2D eigenvalue weighted by Gasteiger charge is 2.46. The number of nitrogens with two attached hydrogens (primary N) is 1. The molecule has 0 saturated heterocycles. The Bertz CT molecular complexity index is 569. The Balaban J connectivity index is 2.25. The zero-order valence-corrected chi connectivity index (χ0v) is 10.7. The molecule has 1 aromatic carbocycles. The van der Waals surface area contributed by atoms with Crippen LogP contribution in [0.25, 0.3) is 11.0 Å². The molecule has 1 heterocycles. The topological polar surface area (TPSA) is 43.8 Å². The van der Waals surface area contributed by atoms with Gasteiger partial charge in [-0.2, -0.15) is 0 Å². The summed E-state index contributed by atoms with van der Waals surface area (Å²) < 4.78 is 2.25. The lowest BCUT2D eigenvalue weighted by atomic mass is 10.1. The van der Waals surface area contributed by atoms with Crippen LogP contribution in [0.15, 0.2) is 18.2 Å². The first-order chi connectivity index (χ1) is 8.20. The van der Waals surface area contributed by atoms with Gasteiger partial charge in [-0.1, -0.05) is 11.6 Å². The molecule has 90 valence electrons. The van der Waals surface area contributed by atoms with Crippen molar-refractivity contribution in [3.8, 4) is 0 Å². The second-order valence-electron chi connectivity index (χ2n) is 4.80. The number of aromatic nitrogens is 2. The second kappa shape index (κ2) is 3.72. The minimum Gasteiger partial charge on any atom is -0.329 e. The van der Waals surface area contributed by atoms with E-state index in [2.05, 4.69) is 11.5 Å². The molecule has 2 N–H and O–H groups in total. The number of hydrogen-bond donors (Lipinski definition) is 1. The van der Waals surface area contributed by atoms with E-state index in [4.69, 9.17) is 22.3 Å². The highest BCUT2D eigenvalue weighted by Crippen LogP contribution is 2.47. The van der Waals surface area contributed by atoms with Crippen LogP contribution in [-0.4, -0.2) is 16.1 Å². The highest BCUT2D eigenvalue weighted by molar-refractivity contribution is 6.31. The van der Waals surface area contributed by atoms with Gasteiger partial charge in [0.2, 0.25) is 0 Å². The summed E-state index contributed by atoms with van der Waals surface area (Å²) in [7, 11) is 0. The van der Waals surface area contributed by atoms with Gasteiger partial charge in [-0.25, -0.2) is 4.98 Å². The van der Waals surface area contributed by atoms with E-state index in [1.54, 1.807) is 0 Å². The zero-order valence-electron chi connectivity index (χ0n) is 9.91. The zero-order chi connectivity index (χ0) is 12.0. The number of nitrogens with zero attached hydrogens (tertiary/aromatic N) is 2. The van der Waals surface area contributed by atoms with Gasteiger partial charge in [0.25, 0.3) is 0 Å². The molecule has 1 saturated carbocycles. The Hall–Kier alpha value is -1.06. The minimum absolute atomic E-state index is 0.126. The van der Waals surface area contributed by atoms with Crippen LogP contribution in [0.5, 0.6) is 0 Å². The number of aryl methyl sites for hydroxylation is 1. The van der Waals surface area contributed by atoms with Crippen LogP contribution in [0.1, 0.15) is 25.6 Å². The van der Waals surface area contributed by atoms with Crippen molar-refractivity contribution in [3.63, 3.8) is 0 Å². The lowest BCUT2D eigenvalue weighted by molar-refractivity contribution is 0.593. The molecule has 2 aromatic rings. The van der Waals surface area contributed by atoms with Crippen molar-refractivity contribution in [3.05, 3.63) is 29.0 Å². The quantitative estimate of drug-likeness (QED) is 0.909. The summed E-state index contributed by atoms with van der Waals surface area (Å²) in [6, 6.07) is 5.87. The standard InChI is InChI=1S/C13H16ClN3/c1-2-17-11-7-9(14)3-4-10(11)16-12(17)13(8-15)5-6-13/h3-4,7H,2,5-6,8,15H2,1H3. The maximum Gasteiger partial charge on any atom is 0.117 e. The van der Waals surface area contributed by atoms with E-state index in [0.717, 1.165) is 41.3 Å². The first-order valence-corrected chi connectivity index (χ1v) is 6.44. The molecule has 17 heavy (non-hydrogen) atoms. The smallest absolute Gasteiger partial charge is 0.117 e. The van der Waals surface area contributed by atoms with Crippen LogP contribution in [0, 0.1) is 0 Å². The summed E-state index contributed by atoms with van der Waals surface area (Å²) >= 11 is 6.05. The molecule has 0 bridgehead atoms. The molecule has 0 radical (unpaired) electrons. The van der Waals surface area contributed by atoms with Crippen molar-refractivity contribution in [2.75, 3.05) is 6.54 Å². The molecular weight excluding hydrogens is 234 g/mol. The third-order valence-corrected chi connectivity index (χ3v) is 3.98. The number of benzene rings is 1. The van der Waals surface area contributed by atoms with Crippen LogP contribution in [0.3, 0.4) is 0 Å². The fourth-order valence-electron chi connectivity index (χ4n) is 2.49. The average Bonchev–Trinajstić information content (AvgIpc) is 3.05. The molecular formula is C13H16ClN3. The molecule has 4 heteroatoms. The van der Waals surface area contributed by atoms with E-state index in [1.165, 1.54) is 0 Å². The molecule has 3 rings (SSSR count). The van der Waals surface area contributed by atoms with Gasteiger partial charge < -0.3 is 10.3 Å². The molecule has 3 nitrogen and oxygen atoms in total. The maximum absolute atomic E-state index is 6.05. The lowest BCUT2D eigenvalue weighted by Gasteiger charge is -2.13. The predicted octanol–water partition coefficient (Wildman–Crippen LogP) is 2.70. The van der Waals surface area contributed by atoms with Gasteiger partial charge >= 0.3 is 0 Å². The van der Waals surface area contributed by atoms with Crippen molar-refractivity contribution < 1.29 is 0 Å². The third kappa shape index (κ3) is 1.57. The molecule has 0 atom stereocenters. The van der Waals surface area contributed by atoms with E-state index < -0.39 is 0 Å². The highest BCUT2D eigenvalue weighted by atomic mass is 35.5. The molecule has 1 aliphatic rings. The first-order valence-electron chi connectivity index (χ1n) is 6.06. The van der Waals surface area contributed by atoms with Crippen molar-refractivity contribution in [2.45, 2.75) is 31.7 Å². The molecule has 0 amide bonds. The number of imidazole rings is 1. The Morgan fingerprint density at radius 1 is 1.47 bits per heavy atom. The molecule has 1 fully saturated rings. The Kier molecular flexibility index (Phi) is 2.42. The Morgan fingerprint density at radius 3 is 2.82 bits per heavy atom. The molecule has 1 aliphatic carbocycles. The summed E-state index contributed by atoms with van der Waals surface area (Å²) in [6.07, 6.45) is 2.31. The summed E-state index contributed by atoms with van der Waals surface area (Å²) in [4.78, 5) is 4.75. The van der Waals surface area contributed by atoms with E-state index in [-0.39, 0.29) is 5.41 Å². The normalized spacial score (nSPS) is 17.6. The third-order valence-electron chi connectivity index (χ3n) is 3.75. The van der Waals surface area contributed by atoms with Crippen molar-refractivity contribution in [1.82, 2.24) is 9.55 Å². The van der Waals surface area contributed by atoms with Gasteiger partial charge in [-0.3, -0.25) is 0 Å². The second-order valence-corrected chi connectivity index (χ2v) is 5.23. The minimum atomic E-state index is 0.126. The SMILES string of the molecule is CCn1c(C2(CN)CC2)nc2ccc(Cl)cc21. The lowest BCUT2D eigenvalue weighted by Crippen LogP contribution is -2.24. The van der Waals surface area contributed by atoms with E-state index in [0.29, 0.717) is 6.54 Å². The molecule has 0 aliphatic heterocycles. The summed E-state index contributed by atoms with van der Waals surface area (Å²) in [6.45, 7) is 3.73. The molecule has 0 spiro atoms. The number of halogens is 1. The number of hydrogen-bond acceptors (Lipinski definition) is 2. The van der Waals surface area contributed by atoms with Gasteiger partial charge in [0, 0.05) is 23.5 Å². The Labute approximate surface area is 106 Å². The van der Waals surface area contributed by atoms with Gasteiger partial charge in [-0.05, 0) is 38.0 Å². The van der Waals surface area contributed by atoms with Crippen LogP contribution in [-0.2, 0) is 12.0 Å². The first kappa shape index (κ1) is 11.1. The van der Waals surface area contributed by atoms with E-state index in [9.17, 15) is 0 Å². The predicted molar refractivity (Wildman–Crippen MR) is 70.4 cm³/mol. The fourth-order valence-corrected chi connectivity index (χ4v) is 2.66. The van der Waals surface area contributed by atoms with Gasteiger partial charge in [-0.15, -0.1) is 0 Å². The maximum atomic E-state index is 6.05. The van der Waals surface area contributed by atoms with Crippen molar-refractivity contribution >= 4 is 22.6 Å². The number of rotatable bonds is 3. The van der Waals surface area contributed by atoms with E-state index >= 15 is 0 Å². The van der Waals surface area contributed by atoms with Crippen LogP contribution in [0.4, 0.5) is 0 Å².